The van der Waals surface area contributed by atoms with Crippen LogP contribution in [-0.4, -0.2) is 41.7 Å². The zero-order chi connectivity index (χ0) is 18.4. The topological polar surface area (TPSA) is 49.8 Å². The van der Waals surface area contributed by atoms with E-state index in [1.165, 1.54) is 10.5 Å². The number of hydrogen-bond donors (Lipinski definition) is 1. The summed E-state index contributed by atoms with van der Waals surface area (Å²) in [5.41, 5.74) is 1.33. The summed E-state index contributed by atoms with van der Waals surface area (Å²) in [7, 11) is 1.65. The first-order valence-electron chi connectivity index (χ1n) is 8.20. The van der Waals surface area contributed by atoms with Crippen LogP contribution in [0.1, 0.15) is 25.0 Å². The highest BCUT2D eigenvalue weighted by Gasteiger charge is 2.32. The Labute approximate surface area is 154 Å². The molecular weight excluding hydrogens is 338 g/mol. The highest BCUT2D eigenvalue weighted by Crippen LogP contribution is 2.22. The minimum Gasteiger partial charge on any atom is -0.478 e. The molecule has 0 radical (unpaired) electrons. The van der Waals surface area contributed by atoms with Crippen molar-refractivity contribution < 1.29 is 14.6 Å². The molecule has 0 aromatic heterocycles. The number of carbonyl (C=O) groups excluding carboxylic acids is 1. The fourth-order valence-corrected chi connectivity index (χ4v) is 2.69. The number of hydrogen-bond acceptors (Lipinski definition) is 3. The second kappa shape index (κ2) is 8.37. The SMILES string of the molecule is CN(CCO)C(=O)C(C)(C)Oc1ccc(Cc2ccc(Cl)cc2)cc1. The van der Waals surface area contributed by atoms with Gasteiger partial charge in [0, 0.05) is 18.6 Å². The largest absolute Gasteiger partial charge is 0.478 e. The molecule has 0 aliphatic carbocycles. The van der Waals surface area contributed by atoms with E-state index in [4.69, 9.17) is 21.4 Å². The third-order valence-electron chi connectivity index (χ3n) is 3.92. The third kappa shape index (κ3) is 5.48. The molecule has 0 saturated carbocycles. The lowest BCUT2D eigenvalue weighted by Crippen LogP contribution is -2.48. The first-order chi connectivity index (χ1) is 11.8. The summed E-state index contributed by atoms with van der Waals surface area (Å²) < 4.78 is 5.86. The van der Waals surface area contributed by atoms with Gasteiger partial charge in [-0.1, -0.05) is 35.9 Å². The van der Waals surface area contributed by atoms with Gasteiger partial charge in [-0.05, 0) is 55.7 Å². The highest BCUT2D eigenvalue weighted by atomic mass is 35.5. The Kier molecular flexibility index (Phi) is 6.45. The van der Waals surface area contributed by atoms with Gasteiger partial charge in [-0.3, -0.25) is 4.79 Å². The lowest BCUT2D eigenvalue weighted by Gasteiger charge is -2.29. The van der Waals surface area contributed by atoms with E-state index in [1.807, 2.05) is 48.5 Å². The third-order valence-corrected chi connectivity index (χ3v) is 4.17. The average molecular weight is 362 g/mol. The molecule has 0 fully saturated rings. The zero-order valence-electron chi connectivity index (χ0n) is 14.8. The van der Waals surface area contributed by atoms with Gasteiger partial charge < -0.3 is 14.7 Å². The molecule has 0 unspecified atom stereocenters. The van der Waals surface area contributed by atoms with Crippen LogP contribution in [0, 0.1) is 0 Å². The van der Waals surface area contributed by atoms with Gasteiger partial charge in [0.15, 0.2) is 5.60 Å². The van der Waals surface area contributed by atoms with Gasteiger partial charge in [0.05, 0.1) is 6.61 Å². The fraction of sp³-hybridized carbons (Fsp3) is 0.350. The standard InChI is InChI=1S/C20H24ClNO3/c1-20(2,19(24)22(3)12-13-23)25-18-10-6-16(7-11-18)14-15-4-8-17(21)9-5-15/h4-11,23H,12-14H2,1-3H3. The number of carbonyl (C=O) groups is 1. The molecule has 5 heteroatoms. The summed E-state index contributed by atoms with van der Waals surface area (Å²) in [6, 6.07) is 15.5. The highest BCUT2D eigenvalue weighted by molar-refractivity contribution is 6.30. The first kappa shape index (κ1) is 19.3. The lowest BCUT2D eigenvalue weighted by molar-refractivity contribution is -0.144. The first-order valence-corrected chi connectivity index (χ1v) is 8.58. The molecule has 0 spiro atoms. The number of amides is 1. The number of halogens is 1. The number of likely N-dealkylation sites (N-methyl/N-ethyl adjacent to an activating group) is 1. The van der Waals surface area contributed by atoms with Crippen molar-refractivity contribution in [2.45, 2.75) is 25.9 Å². The molecule has 0 aliphatic heterocycles. The molecule has 1 amide bonds. The molecule has 0 heterocycles. The van der Waals surface area contributed by atoms with E-state index in [0.717, 1.165) is 17.0 Å². The van der Waals surface area contributed by atoms with Crippen molar-refractivity contribution in [3.05, 3.63) is 64.7 Å². The molecule has 25 heavy (non-hydrogen) atoms. The van der Waals surface area contributed by atoms with E-state index in [2.05, 4.69) is 0 Å². The van der Waals surface area contributed by atoms with Gasteiger partial charge in [-0.15, -0.1) is 0 Å². The molecular formula is C20H24ClNO3. The van der Waals surface area contributed by atoms with E-state index < -0.39 is 5.60 Å². The Bertz CT molecular complexity index is 696. The predicted molar refractivity (Wildman–Crippen MR) is 100 cm³/mol. The Morgan fingerprint density at radius 2 is 1.60 bits per heavy atom. The molecule has 1 N–H and O–H groups in total. The smallest absolute Gasteiger partial charge is 0.265 e. The summed E-state index contributed by atoms with van der Waals surface area (Å²) >= 11 is 5.90. The van der Waals surface area contributed by atoms with Crippen LogP contribution in [0.3, 0.4) is 0 Å². The predicted octanol–water partition coefficient (Wildman–Crippen LogP) is 3.54. The van der Waals surface area contributed by atoms with Gasteiger partial charge in [0.1, 0.15) is 5.75 Å². The van der Waals surface area contributed by atoms with Gasteiger partial charge in [-0.25, -0.2) is 0 Å². The molecule has 0 atom stereocenters. The molecule has 2 rings (SSSR count). The number of rotatable bonds is 7. The maximum absolute atomic E-state index is 12.4. The van der Waals surface area contributed by atoms with Crippen LogP contribution in [0.5, 0.6) is 5.75 Å². The molecule has 0 bridgehead atoms. The molecule has 2 aromatic rings. The summed E-state index contributed by atoms with van der Waals surface area (Å²) in [6.07, 6.45) is 0.805. The monoisotopic (exact) mass is 361 g/mol. The van der Waals surface area contributed by atoms with Crippen molar-refractivity contribution in [1.29, 1.82) is 0 Å². The fourth-order valence-electron chi connectivity index (χ4n) is 2.56. The number of benzene rings is 2. The van der Waals surface area contributed by atoms with E-state index in [-0.39, 0.29) is 19.1 Å². The van der Waals surface area contributed by atoms with Crippen molar-refractivity contribution in [1.82, 2.24) is 4.90 Å². The maximum Gasteiger partial charge on any atom is 0.265 e. The number of aliphatic hydroxyl groups excluding tert-OH is 1. The number of aliphatic hydroxyl groups is 1. The summed E-state index contributed by atoms with van der Waals surface area (Å²) in [6.45, 7) is 3.67. The quantitative estimate of drug-likeness (QED) is 0.820. The summed E-state index contributed by atoms with van der Waals surface area (Å²) in [4.78, 5) is 13.8. The second-order valence-electron chi connectivity index (χ2n) is 6.51. The molecule has 2 aromatic carbocycles. The van der Waals surface area contributed by atoms with E-state index in [0.29, 0.717) is 5.75 Å². The second-order valence-corrected chi connectivity index (χ2v) is 6.95. The molecule has 134 valence electrons. The Morgan fingerprint density at radius 3 is 2.12 bits per heavy atom. The average Bonchev–Trinajstić information content (AvgIpc) is 2.58. The summed E-state index contributed by atoms with van der Waals surface area (Å²) in [5, 5.41) is 9.69. The minimum atomic E-state index is -0.998. The van der Waals surface area contributed by atoms with Crippen LogP contribution in [-0.2, 0) is 11.2 Å². The van der Waals surface area contributed by atoms with Crippen molar-refractivity contribution in [3.8, 4) is 5.75 Å². The normalized spacial score (nSPS) is 11.2. The van der Waals surface area contributed by atoms with E-state index >= 15 is 0 Å². The zero-order valence-corrected chi connectivity index (χ0v) is 15.6. The number of ether oxygens (including phenoxy) is 1. The number of nitrogens with zero attached hydrogens (tertiary/aromatic N) is 1. The van der Waals surface area contributed by atoms with Gasteiger partial charge in [0.2, 0.25) is 0 Å². The van der Waals surface area contributed by atoms with Crippen molar-refractivity contribution in [2.24, 2.45) is 0 Å². The Balaban J connectivity index is 2.01. The minimum absolute atomic E-state index is 0.0717. The van der Waals surface area contributed by atoms with E-state index in [1.54, 1.807) is 20.9 Å². The summed E-state index contributed by atoms with van der Waals surface area (Å²) in [5.74, 6) is 0.461. The van der Waals surface area contributed by atoms with Crippen LogP contribution in [0.15, 0.2) is 48.5 Å². The van der Waals surface area contributed by atoms with Crippen LogP contribution < -0.4 is 4.74 Å². The maximum atomic E-state index is 12.4. The molecule has 4 nitrogen and oxygen atoms in total. The van der Waals surface area contributed by atoms with Crippen LogP contribution in [0.4, 0.5) is 0 Å². The Hall–Kier alpha value is -2.04. The van der Waals surface area contributed by atoms with Gasteiger partial charge in [0.25, 0.3) is 5.91 Å². The Morgan fingerprint density at radius 1 is 1.08 bits per heavy atom. The lowest BCUT2D eigenvalue weighted by atomic mass is 10.0. The van der Waals surface area contributed by atoms with E-state index in [9.17, 15) is 4.79 Å². The van der Waals surface area contributed by atoms with Gasteiger partial charge >= 0.3 is 0 Å². The van der Waals surface area contributed by atoms with Crippen molar-refractivity contribution >= 4 is 17.5 Å². The van der Waals surface area contributed by atoms with Crippen LogP contribution >= 0.6 is 11.6 Å². The molecule has 0 saturated heterocycles. The van der Waals surface area contributed by atoms with Crippen LogP contribution in [0.25, 0.3) is 0 Å². The van der Waals surface area contributed by atoms with Gasteiger partial charge in [-0.2, -0.15) is 0 Å². The van der Waals surface area contributed by atoms with Crippen molar-refractivity contribution in [3.63, 3.8) is 0 Å². The molecule has 0 aliphatic rings. The van der Waals surface area contributed by atoms with Crippen molar-refractivity contribution in [2.75, 3.05) is 20.2 Å². The van der Waals surface area contributed by atoms with Crippen LogP contribution in [0.2, 0.25) is 5.02 Å².